The Morgan fingerprint density at radius 1 is 1.16 bits per heavy atom. The second-order valence-corrected chi connectivity index (χ2v) is 8.16. The largest absolute Gasteiger partial charge is 0.481 e. The molecule has 0 radical (unpaired) electrons. The van der Waals surface area contributed by atoms with Gasteiger partial charge in [0.05, 0.1) is 30.7 Å². The first-order valence-corrected chi connectivity index (χ1v) is 10.9. The molecule has 9 heteroatoms. The number of methoxy groups -OCH3 is 1. The zero-order valence-corrected chi connectivity index (χ0v) is 18.4. The topological polar surface area (TPSA) is 87.0 Å². The average Bonchev–Trinajstić information content (AvgIpc) is 3.30. The molecule has 0 unspecified atom stereocenters. The minimum atomic E-state index is 0.398. The highest BCUT2D eigenvalue weighted by atomic mass is 35.5. The molecule has 0 spiro atoms. The highest BCUT2D eigenvalue weighted by Crippen LogP contribution is 2.35. The van der Waals surface area contributed by atoms with E-state index in [-0.39, 0.29) is 0 Å². The fourth-order valence-corrected chi connectivity index (χ4v) is 4.10. The van der Waals surface area contributed by atoms with Crippen LogP contribution in [0.25, 0.3) is 22.3 Å². The molecule has 164 valence electrons. The Bertz CT molecular complexity index is 1240. The Labute approximate surface area is 190 Å². The van der Waals surface area contributed by atoms with Crippen molar-refractivity contribution in [3.8, 4) is 28.6 Å². The van der Waals surface area contributed by atoms with E-state index in [4.69, 9.17) is 26.1 Å². The Kier molecular flexibility index (Phi) is 5.87. The summed E-state index contributed by atoms with van der Waals surface area (Å²) >= 11 is 6.66. The van der Waals surface area contributed by atoms with Crippen LogP contribution < -0.4 is 14.8 Å². The molecule has 0 amide bonds. The van der Waals surface area contributed by atoms with E-state index in [0.29, 0.717) is 39.4 Å². The smallest absolute Gasteiger partial charge is 0.216 e. The molecule has 4 heterocycles. The third kappa shape index (κ3) is 4.37. The van der Waals surface area contributed by atoms with E-state index < -0.39 is 0 Å². The maximum Gasteiger partial charge on any atom is 0.216 e. The first-order chi connectivity index (χ1) is 15.7. The standard InChI is InChI=1S/C23H23ClN6O2/c1-31-21-10-17(6-9-26-21)32-20-3-2-18-23(22(20)24)29-19(12-27-18)16-11-28-30(14-16)13-15-4-7-25-8-5-15/h2-3,6,9-12,14-15,25H,4-5,7-8,13H2,1H3. The summed E-state index contributed by atoms with van der Waals surface area (Å²) in [7, 11) is 1.56. The Hall–Kier alpha value is -3.23. The van der Waals surface area contributed by atoms with E-state index in [9.17, 15) is 0 Å². The summed E-state index contributed by atoms with van der Waals surface area (Å²) in [6, 6.07) is 7.05. The summed E-state index contributed by atoms with van der Waals surface area (Å²) in [5.41, 5.74) is 2.91. The molecule has 1 aliphatic rings. The quantitative estimate of drug-likeness (QED) is 0.467. The third-order valence-corrected chi connectivity index (χ3v) is 5.96. The number of halogens is 1. The molecule has 3 aromatic heterocycles. The van der Waals surface area contributed by atoms with Gasteiger partial charge >= 0.3 is 0 Å². The van der Waals surface area contributed by atoms with Crippen molar-refractivity contribution in [1.82, 2.24) is 30.0 Å². The number of fused-ring (bicyclic) bond motifs is 1. The Morgan fingerprint density at radius 3 is 2.88 bits per heavy atom. The van der Waals surface area contributed by atoms with Crippen LogP contribution in [0.15, 0.2) is 49.1 Å². The number of nitrogens with zero attached hydrogens (tertiary/aromatic N) is 5. The van der Waals surface area contributed by atoms with Crippen LogP contribution in [0.2, 0.25) is 5.02 Å². The van der Waals surface area contributed by atoms with Gasteiger partial charge in [0.15, 0.2) is 0 Å². The van der Waals surface area contributed by atoms with Crippen molar-refractivity contribution in [3.05, 3.63) is 54.1 Å². The summed E-state index contributed by atoms with van der Waals surface area (Å²) < 4.78 is 13.1. The molecule has 1 N–H and O–H groups in total. The molecular weight excluding hydrogens is 428 g/mol. The van der Waals surface area contributed by atoms with Gasteiger partial charge in [0, 0.05) is 30.6 Å². The molecular formula is C23H23ClN6O2. The van der Waals surface area contributed by atoms with Crippen molar-refractivity contribution in [1.29, 1.82) is 0 Å². The van der Waals surface area contributed by atoms with Crippen LogP contribution in [0.5, 0.6) is 17.4 Å². The Balaban J connectivity index is 1.41. The molecule has 1 fully saturated rings. The summed E-state index contributed by atoms with van der Waals surface area (Å²) in [6.07, 6.45) is 9.56. The predicted octanol–water partition coefficient (Wildman–Crippen LogP) is 4.34. The zero-order chi connectivity index (χ0) is 21.9. The second-order valence-electron chi connectivity index (χ2n) is 7.78. The lowest BCUT2D eigenvalue weighted by Crippen LogP contribution is -2.29. The molecule has 0 bridgehead atoms. The molecule has 1 aromatic carbocycles. The summed E-state index contributed by atoms with van der Waals surface area (Å²) in [4.78, 5) is 13.4. The molecule has 5 rings (SSSR count). The van der Waals surface area contributed by atoms with Gasteiger partial charge in [-0.3, -0.25) is 9.67 Å². The lowest BCUT2D eigenvalue weighted by molar-refractivity contribution is 0.321. The maximum absolute atomic E-state index is 6.66. The molecule has 8 nitrogen and oxygen atoms in total. The van der Waals surface area contributed by atoms with Crippen LogP contribution in [-0.2, 0) is 6.54 Å². The van der Waals surface area contributed by atoms with E-state index in [2.05, 4.69) is 20.4 Å². The van der Waals surface area contributed by atoms with Crippen molar-refractivity contribution in [3.63, 3.8) is 0 Å². The van der Waals surface area contributed by atoms with Crippen LogP contribution in [0.3, 0.4) is 0 Å². The van der Waals surface area contributed by atoms with Gasteiger partial charge < -0.3 is 14.8 Å². The van der Waals surface area contributed by atoms with E-state index in [1.165, 1.54) is 12.8 Å². The van der Waals surface area contributed by atoms with Gasteiger partial charge in [-0.05, 0) is 50.0 Å². The number of rotatable bonds is 6. The van der Waals surface area contributed by atoms with E-state index in [1.807, 2.05) is 23.1 Å². The lowest BCUT2D eigenvalue weighted by Gasteiger charge is -2.22. The summed E-state index contributed by atoms with van der Waals surface area (Å²) in [5, 5.41) is 8.33. The first-order valence-electron chi connectivity index (χ1n) is 10.6. The number of hydrogen-bond acceptors (Lipinski definition) is 7. The SMILES string of the molecule is COc1cc(Oc2ccc3ncc(-c4cnn(CC5CCNCC5)c4)nc3c2Cl)ccn1. The van der Waals surface area contributed by atoms with Gasteiger partial charge in [-0.2, -0.15) is 5.10 Å². The number of benzene rings is 1. The minimum Gasteiger partial charge on any atom is -0.481 e. The third-order valence-electron chi connectivity index (χ3n) is 5.59. The van der Waals surface area contributed by atoms with Gasteiger partial charge in [-0.1, -0.05) is 11.6 Å². The zero-order valence-electron chi connectivity index (χ0n) is 17.7. The van der Waals surface area contributed by atoms with E-state index in [1.54, 1.807) is 37.7 Å². The number of nitrogens with one attached hydrogen (secondary N) is 1. The van der Waals surface area contributed by atoms with Crippen molar-refractivity contribution < 1.29 is 9.47 Å². The molecule has 1 saturated heterocycles. The number of piperidine rings is 1. The van der Waals surface area contributed by atoms with Gasteiger partial charge in [0.25, 0.3) is 0 Å². The summed E-state index contributed by atoms with van der Waals surface area (Å²) in [5.74, 6) is 2.16. The van der Waals surface area contributed by atoms with Gasteiger partial charge in [-0.15, -0.1) is 0 Å². The van der Waals surface area contributed by atoms with Gasteiger partial charge in [0.1, 0.15) is 22.0 Å². The van der Waals surface area contributed by atoms with Crippen LogP contribution in [0.4, 0.5) is 0 Å². The van der Waals surface area contributed by atoms with Crippen molar-refractivity contribution in [2.24, 2.45) is 5.92 Å². The molecule has 4 aromatic rings. The first kappa shape index (κ1) is 20.7. The number of aromatic nitrogens is 5. The van der Waals surface area contributed by atoms with E-state index >= 15 is 0 Å². The highest BCUT2D eigenvalue weighted by Gasteiger charge is 2.16. The number of hydrogen-bond donors (Lipinski definition) is 1. The van der Waals surface area contributed by atoms with Gasteiger partial charge in [-0.25, -0.2) is 9.97 Å². The number of ether oxygens (including phenoxy) is 2. The maximum atomic E-state index is 6.66. The normalized spacial score (nSPS) is 14.6. The van der Waals surface area contributed by atoms with Crippen LogP contribution in [0, 0.1) is 5.92 Å². The number of pyridine rings is 1. The van der Waals surface area contributed by atoms with Crippen molar-refractivity contribution in [2.75, 3.05) is 20.2 Å². The fraction of sp³-hybridized carbons (Fsp3) is 0.304. The predicted molar refractivity (Wildman–Crippen MR) is 122 cm³/mol. The lowest BCUT2D eigenvalue weighted by atomic mass is 9.98. The monoisotopic (exact) mass is 450 g/mol. The second kappa shape index (κ2) is 9.10. The van der Waals surface area contributed by atoms with Crippen molar-refractivity contribution >= 4 is 22.6 Å². The summed E-state index contributed by atoms with van der Waals surface area (Å²) in [6.45, 7) is 3.06. The highest BCUT2D eigenvalue weighted by molar-refractivity contribution is 6.36. The molecule has 1 aliphatic heterocycles. The fourth-order valence-electron chi connectivity index (χ4n) is 3.86. The van der Waals surface area contributed by atoms with Crippen LogP contribution in [0.1, 0.15) is 12.8 Å². The molecule has 32 heavy (non-hydrogen) atoms. The van der Waals surface area contributed by atoms with Crippen LogP contribution in [-0.4, -0.2) is 44.9 Å². The van der Waals surface area contributed by atoms with Gasteiger partial charge in [0.2, 0.25) is 5.88 Å². The Morgan fingerprint density at radius 2 is 2.03 bits per heavy atom. The minimum absolute atomic E-state index is 0.398. The van der Waals surface area contributed by atoms with E-state index in [0.717, 1.165) is 30.9 Å². The molecule has 0 aliphatic carbocycles. The molecule has 0 saturated carbocycles. The molecule has 0 atom stereocenters. The average molecular weight is 451 g/mol. The van der Waals surface area contributed by atoms with Crippen molar-refractivity contribution in [2.45, 2.75) is 19.4 Å². The van der Waals surface area contributed by atoms with Crippen LogP contribution >= 0.6 is 11.6 Å².